The highest BCUT2D eigenvalue weighted by Crippen LogP contribution is 2.33. The summed E-state index contributed by atoms with van der Waals surface area (Å²) >= 11 is 6.03. The fourth-order valence-electron chi connectivity index (χ4n) is 2.97. The van der Waals surface area contributed by atoms with Gasteiger partial charge in [0.15, 0.2) is 0 Å². The first-order valence-corrected chi connectivity index (χ1v) is 10.2. The molecule has 0 saturated carbocycles. The SMILES string of the molecule is O=C(Nc1ccc(Cl)c(S(=O)(=O)N2CCCC2)c1)c1ccccc1C(F)(F)F. The second kappa shape index (κ2) is 7.73. The maximum atomic E-state index is 13.1. The van der Waals surface area contributed by atoms with E-state index in [1.807, 2.05) is 0 Å². The van der Waals surface area contributed by atoms with E-state index in [2.05, 4.69) is 5.32 Å². The lowest BCUT2D eigenvalue weighted by Crippen LogP contribution is -2.28. The van der Waals surface area contributed by atoms with Crippen LogP contribution in [-0.4, -0.2) is 31.7 Å². The summed E-state index contributed by atoms with van der Waals surface area (Å²) in [6.07, 6.45) is -3.22. The lowest BCUT2D eigenvalue weighted by molar-refractivity contribution is -0.137. The molecule has 0 spiro atoms. The number of nitrogens with one attached hydrogen (secondary N) is 1. The predicted octanol–water partition coefficient (Wildman–Crippen LogP) is 4.40. The second-order valence-electron chi connectivity index (χ2n) is 6.25. The molecule has 2 aromatic rings. The van der Waals surface area contributed by atoms with Crippen LogP contribution in [0.1, 0.15) is 28.8 Å². The number of anilines is 1. The van der Waals surface area contributed by atoms with Crippen LogP contribution in [0.15, 0.2) is 47.4 Å². The molecular formula is C18H16ClF3N2O3S. The number of carbonyl (C=O) groups excluding carboxylic acids is 1. The molecule has 3 rings (SSSR count). The molecule has 1 aliphatic heterocycles. The zero-order chi connectivity index (χ0) is 20.5. The van der Waals surface area contributed by atoms with Gasteiger partial charge in [-0.05, 0) is 43.2 Å². The van der Waals surface area contributed by atoms with Crippen molar-refractivity contribution in [3.05, 3.63) is 58.6 Å². The van der Waals surface area contributed by atoms with E-state index in [0.717, 1.165) is 31.0 Å². The van der Waals surface area contributed by atoms with Crippen molar-refractivity contribution in [2.75, 3.05) is 18.4 Å². The Labute approximate surface area is 165 Å². The van der Waals surface area contributed by atoms with Crippen LogP contribution in [0.5, 0.6) is 0 Å². The number of sulfonamides is 1. The van der Waals surface area contributed by atoms with E-state index in [4.69, 9.17) is 11.6 Å². The Morgan fingerprint density at radius 2 is 1.71 bits per heavy atom. The summed E-state index contributed by atoms with van der Waals surface area (Å²) in [5, 5.41) is 2.29. The molecule has 1 amide bonds. The molecule has 2 aromatic carbocycles. The summed E-state index contributed by atoms with van der Waals surface area (Å²) in [5.41, 5.74) is -1.61. The van der Waals surface area contributed by atoms with Crippen LogP contribution in [0.3, 0.4) is 0 Å². The summed E-state index contributed by atoms with van der Waals surface area (Å²) in [6, 6.07) is 8.13. The van der Waals surface area contributed by atoms with Gasteiger partial charge in [0.05, 0.1) is 16.1 Å². The molecule has 28 heavy (non-hydrogen) atoms. The van der Waals surface area contributed by atoms with Crippen molar-refractivity contribution >= 4 is 33.2 Å². The minimum Gasteiger partial charge on any atom is -0.322 e. The van der Waals surface area contributed by atoms with Gasteiger partial charge in [0, 0.05) is 18.8 Å². The Hall–Kier alpha value is -2.10. The largest absolute Gasteiger partial charge is 0.417 e. The van der Waals surface area contributed by atoms with Crippen LogP contribution >= 0.6 is 11.6 Å². The number of hydrogen-bond donors (Lipinski definition) is 1. The molecule has 0 radical (unpaired) electrons. The molecule has 0 atom stereocenters. The zero-order valence-corrected chi connectivity index (χ0v) is 16.0. The predicted molar refractivity (Wildman–Crippen MR) is 98.8 cm³/mol. The molecule has 0 bridgehead atoms. The van der Waals surface area contributed by atoms with Crippen molar-refractivity contribution < 1.29 is 26.4 Å². The van der Waals surface area contributed by atoms with Gasteiger partial charge in [-0.1, -0.05) is 23.7 Å². The van der Waals surface area contributed by atoms with Crippen LogP contribution in [0.4, 0.5) is 18.9 Å². The third kappa shape index (κ3) is 4.16. The molecule has 5 nitrogen and oxygen atoms in total. The Morgan fingerprint density at radius 3 is 2.36 bits per heavy atom. The number of halogens is 4. The van der Waals surface area contributed by atoms with Crippen molar-refractivity contribution in [1.82, 2.24) is 4.31 Å². The van der Waals surface area contributed by atoms with E-state index >= 15 is 0 Å². The minimum absolute atomic E-state index is 0.0272. The fraction of sp³-hybridized carbons (Fsp3) is 0.278. The topological polar surface area (TPSA) is 66.5 Å². The maximum Gasteiger partial charge on any atom is 0.417 e. The van der Waals surface area contributed by atoms with Crippen LogP contribution in [-0.2, 0) is 16.2 Å². The Balaban J connectivity index is 1.92. The number of amides is 1. The molecule has 10 heteroatoms. The molecule has 1 N–H and O–H groups in total. The summed E-state index contributed by atoms with van der Waals surface area (Å²) in [6.45, 7) is 0.739. The molecular weight excluding hydrogens is 417 g/mol. The van der Waals surface area contributed by atoms with E-state index in [0.29, 0.717) is 13.1 Å². The smallest absolute Gasteiger partial charge is 0.322 e. The van der Waals surface area contributed by atoms with Crippen LogP contribution < -0.4 is 5.32 Å². The average molecular weight is 433 g/mol. The average Bonchev–Trinajstić information content (AvgIpc) is 3.18. The molecule has 1 heterocycles. The molecule has 1 saturated heterocycles. The highest BCUT2D eigenvalue weighted by atomic mass is 35.5. The van der Waals surface area contributed by atoms with Crippen molar-refractivity contribution in [2.45, 2.75) is 23.9 Å². The molecule has 1 fully saturated rings. The molecule has 1 aliphatic rings. The van der Waals surface area contributed by atoms with Gasteiger partial charge in [-0.25, -0.2) is 8.42 Å². The van der Waals surface area contributed by atoms with E-state index in [1.165, 1.54) is 28.6 Å². The number of hydrogen-bond acceptors (Lipinski definition) is 3. The van der Waals surface area contributed by atoms with Gasteiger partial charge in [-0.2, -0.15) is 17.5 Å². The number of benzene rings is 2. The zero-order valence-electron chi connectivity index (χ0n) is 14.5. The Morgan fingerprint density at radius 1 is 1.07 bits per heavy atom. The van der Waals surface area contributed by atoms with Crippen LogP contribution in [0.25, 0.3) is 0 Å². The number of carbonyl (C=O) groups is 1. The second-order valence-corrected chi connectivity index (χ2v) is 8.57. The van der Waals surface area contributed by atoms with Gasteiger partial charge >= 0.3 is 6.18 Å². The first kappa shape index (κ1) is 20.6. The fourth-order valence-corrected chi connectivity index (χ4v) is 4.99. The number of alkyl halides is 3. The van der Waals surface area contributed by atoms with Gasteiger partial charge in [-0.15, -0.1) is 0 Å². The van der Waals surface area contributed by atoms with Gasteiger partial charge in [0.25, 0.3) is 5.91 Å². The first-order valence-electron chi connectivity index (χ1n) is 8.38. The van der Waals surface area contributed by atoms with Crippen molar-refractivity contribution in [3.8, 4) is 0 Å². The quantitative estimate of drug-likeness (QED) is 0.779. The summed E-state index contributed by atoms with van der Waals surface area (Å²) in [4.78, 5) is 12.2. The lowest BCUT2D eigenvalue weighted by Gasteiger charge is -2.17. The Bertz CT molecular complexity index is 1000. The molecule has 0 unspecified atom stereocenters. The van der Waals surface area contributed by atoms with Gasteiger partial charge < -0.3 is 5.32 Å². The highest BCUT2D eigenvalue weighted by molar-refractivity contribution is 7.89. The van der Waals surface area contributed by atoms with Crippen molar-refractivity contribution in [1.29, 1.82) is 0 Å². The molecule has 0 aliphatic carbocycles. The first-order chi connectivity index (χ1) is 13.1. The van der Waals surface area contributed by atoms with Crippen molar-refractivity contribution in [2.24, 2.45) is 0 Å². The van der Waals surface area contributed by atoms with Gasteiger partial charge in [-0.3, -0.25) is 4.79 Å². The van der Waals surface area contributed by atoms with Gasteiger partial charge in [0.2, 0.25) is 10.0 Å². The van der Waals surface area contributed by atoms with Gasteiger partial charge in [0.1, 0.15) is 4.90 Å². The highest BCUT2D eigenvalue weighted by Gasteiger charge is 2.35. The third-order valence-electron chi connectivity index (χ3n) is 4.35. The Kier molecular flexibility index (Phi) is 5.69. The van der Waals surface area contributed by atoms with Crippen molar-refractivity contribution in [3.63, 3.8) is 0 Å². The van der Waals surface area contributed by atoms with E-state index in [-0.39, 0.29) is 15.6 Å². The van der Waals surface area contributed by atoms with Crippen LogP contribution in [0.2, 0.25) is 5.02 Å². The number of nitrogens with zero attached hydrogens (tertiary/aromatic N) is 1. The normalized spacial score (nSPS) is 15.6. The summed E-state index contributed by atoms with van der Waals surface area (Å²) < 4.78 is 66.1. The maximum absolute atomic E-state index is 13.1. The standard InChI is InChI=1S/C18H16ClF3N2O3S/c19-15-8-7-12(11-16(15)28(26,27)24-9-3-4-10-24)23-17(25)13-5-1-2-6-14(13)18(20,21)22/h1-2,5-8,11H,3-4,9-10H2,(H,23,25). The van der Waals surface area contributed by atoms with E-state index in [1.54, 1.807) is 0 Å². The van der Waals surface area contributed by atoms with E-state index < -0.39 is 33.2 Å². The lowest BCUT2D eigenvalue weighted by atomic mass is 10.1. The summed E-state index contributed by atoms with van der Waals surface area (Å²) in [5.74, 6) is -1.00. The minimum atomic E-state index is -4.70. The third-order valence-corrected chi connectivity index (χ3v) is 6.73. The molecule has 150 valence electrons. The summed E-state index contributed by atoms with van der Waals surface area (Å²) in [7, 11) is -3.85. The van der Waals surface area contributed by atoms with E-state index in [9.17, 15) is 26.4 Å². The number of rotatable bonds is 4. The monoisotopic (exact) mass is 432 g/mol. The van der Waals surface area contributed by atoms with Crippen LogP contribution in [0, 0.1) is 0 Å². The molecule has 0 aromatic heterocycles.